The topological polar surface area (TPSA) is 49.4 Å². The molecule has 0 aliphatic heterocycles. The van der Waals surface area contributed by atoms with Crippen molar-refractivity contribution in [3.8, 4) is 5.75 Å². The van der Waals surface area contributed by atoms with Crippen LogP contribution in [0, 0.1) is 0 Å². The van der Waals surface area contributed by atoms with Crippen LogP contribution in [0.4, 0.5) is 4.39 Å². The van der Waals surface area contributed by atoms with Gasteiger partial charge in [-0.1, -0.05) is 18.2 Å². The zero-order chi connectivity index (χ0) is 11.8. The van der Waals surface area contributed by atoms with Crippen molar-refractivity contribution in [1.29, 1.82) is 0 Å². The number of alkyl halides is 1. The van der Waals surface area contributed by atoms with Gasteiger partial charge in [0.1, 0.15) is 5.75 Å². The average molecular weight is 223 g/mol. The molecule has 0 saturated carbocycles. The van der Waals surface area contributed by atoms with Crippen LogP contribution in [0.5, 0.6) is 5.75 Å². The Hall–Kier alpha value is -1.84. The predicted molar refractivity (Wildman–Crippen MR) is 56.6 cm³/mol. The quantitative estimate of drug-likeness (QED) is 0.537. The van der Waals surface area contributed by atoms with E-state index in [0.717, 1.165) is 11.6 Å². The Bertz CT molecular complexity index is 357. The molecule has 4 heteroatoms. The molecular formula is C12H12FO3-. The van der Waals surface area contributed by atoms with Gasteiger partial charge < -0.3 is 14.6 Å². The lowest BCUT2D eigenvalue weighted by Gasteiger charge is -2.04. The number of aliphatic carboxylic acids is 1. The number of carboxylic acids is 1. The van der Waals surface area contributed by atoms with Crippen molar-refractivity contribution in [1.82, 2.24) is 0 Å². The van der Waals surface area contributed by atoms with E-state index >= 15 is 0 Å². The first-order valence-electron chi connectivity index (χ1n) is 4.90. The van der Waals surface area contributed by atoms with Crippen molar-refractivity contribution in [2.75, 3.05) is 13.3 Å². The van der Waals surface area contributed by atoms with E-state index in [4.69, 9.17) is 4.74 Å². The lowest BCUT2D eigenvalue weighted by molar-refractivity contribution is -0.297. The minimum absolute atomic E-state index is 0.338. The number of carbonyl (C=O) groups is 1. The van der Waals surface area contributed by atoms with Gasteiger partial charge in [-0.05, 0) is 23.8 Å². The molecule has 0 aliphatic rings. The van der Waals surface area contributed by atoms with Gasteiger partial charge in [-0.25, -0.2) is 0 Å². The second-order valence-electron chi connectivity index (χ2n) is 3.11. The molecule has 0 N–H and O–H groups in total. The van der Waals surface area contributed by atoms with Crippen molar-refractivity contribution in [3.05, 3.63) is 35.9 Å². The number of halogens is 1. The summed E-state index contributed by atoms with van der Waals surface area (Å²) >= 11 is 0. The van der Waals surface area contributed by atoms with Crippen LogP contribution in [-0.4, -0.2) is 19.3 Å². The highest BCUT2D eigenvalue weighted by Gasteiger charge is 1.93. The van der Waals surface area contributed by atoms with Crippen LogP contribution in [0.1, 0.15) is 12.0 Å². The molecule has 16 heavy (non-hydrogen) atoms. The number of carboxylic acid groups (broad SMARTS) is 1. The maximum absolute atomic E-state index is 11.8. The maximum Gasteiger partial charge on any atom is 0.119 e. The fourth-order valence-corrected chi connectivity index (χ4v) is 1.08. The van der Waals surface area contributed by atoms with Gasteiger partial charge in [-0.2, -0.15) is 0 Å². The molecule has 0 unspecified atom stereocenters. The van der Waals surface area contributed by atoms with E-state index in [2.05, 4.69) is 0 Å². The molecule has 0 saturated heterocycles. The molecule has 1 rings (SSSR count). The maximum atomic E-state index is 11.8. The first-order valence-corrected chi connectivity index (χ1v) is 4.90. The van der Waals surface area contributed by atoms with Gasteiger partial charge in [0.25, 0.3) is 0 Å². The summed E-state index contributed by atoms with van der Waals surface area (Å²) in [4.78, 5) is 10.2. The van der Waals surface area contributed by atoms with Crippen LogP contribution in [-0.2, 0) is 4.79 Å². The highest BCUT2D eigenvalue weighted by molar-refractivity contribution is 5.83. The van der Waals surface area contributed by atoms with Gasteiger partial charge in [0.15, 0.2) is 0 Å². The Kier molecular flexibility index (Phi) is 5.05. The number of hydrogen-bond donors (Lipinski definition) is 0. The van der Waals surface area contributed by atoms with Gasteiger partial charge in [0.05, 0.1) is 19.3 Å². The van der Waals surface area contributed by atoms with Crippen LogP contribution in [0.25, 0.3) is 6.08 Å². The first kappa shape index (κ1) is 12.2. The van der Waals surface area contributed by atoms with Crippen LogP contribution < -0.4 is 9.84 Å². The average Bonchev–Trinajstić information content (AvgIpc) is 2.28. The summed E-state index contributed by atoms with van der Waals surface area (Å²) in [5.41, 5.74) is 0.738. The molecule has 0 radical (unpaired) electrons. The third kappa shape index (κ3) is 4.59. The number of hydrogen-bond acceptors (Lipinski definition) is 3. The number of rotatable bonds is 6. The van der Waals surface area contributed by atoms with Gasteiger partial charge in [-0.15, -0.1) is 0 Å². The zero-order valence-corrected chi connectivity index (χ0v) is 8.69. The van der Waals surface area contributed by atoms with E-state index in [9.17, 15) is 14.3 Å². The van der Waals surface area contributed by atoms with Crippen LogP contribution in [0.2, 0.25) is 0 Å². The van der Waals surface area contributed by atoms with Gasteiger partial charge in [-0.3, -0.25) is 4.39 Å². The highest BCUT2D eigenvalue weighted by atomic mass is 19.1. The molecule has 0 spiro atoms. The minimum atomic E-state index is -1.23. The lowest BCUT2D eigenvalue weighted by atomic mass is 10.2. The monoisotopic (exact) mass is 223 g/mol. The molecule has 3 nitrogen and oxygen atoms in total. The SMILES string of the molecule is O=C([O-])/C=C/c1ccc(OCCCF)cc1. The predicted octanol–water partition coefficient (Wildman–Crippen LogP) is 1.19. The van der Waals surface area contributed by atoms with E-state index in [1.807, 2.05) is 0 Å². The molecule has 0 amide bonds. The number of ether oxygens (including phenoxy) is 1. The Morgan fingerprint density at radius 3 is 2.62 bits per heavy atom. The summed E-state index contributed by atoms with van der Waals surface area (Å²) in [5.74, 6) is -0.595. The minimum Gasteiger partial charge on any atom is -0.545 e. The van der Waals surface area contributed by atoms with Crippen molar-refractivity contribution in [2.24, 2.45) is 0 Å². The molecule has 0 fully saturated rings. The summed E-state index contributed by atoms with van der Waals surface area (Å²) in [6.07, 6.45) is 2.76. The Morgan fingerprint density at radius 2 is 2.06 bits per heavy atom. The van der Waals surface area contributed by atoms with E-state index in [1.165, 1.54) is 6.08 Å². The Labute approximate surface area is 93.2 Å². The van der Waals surface area contributed by atoms with Gasteiger partial charge >= 0.3 is 0 Å². The molecule has 0 atom stereocenters. The molecular weight excluding hydrogens is 211 g/mol. The summed E-state index contributed by atoms with van der Waals surface area (Å²) in [5, 5.41) is 10.2. The third-order valence-corrected chi connectivity index (χ3v) is 1.84. The van der Waals surface area contributed by atoms with E-state index in [1.54, 1.807) is 24.3 Å². The zero-order valence-electron chi connectivity index (χ0n) is 8.69. The number of carbonyl (C=O) groups excluding carboxylic acids is 1. The molecule has 86 valence electrons. The third-order valence-electron chi connectivity index (χ3n) is 1.84. The summed E-state index contributed by atoms with van der Waals surface area (Å²) < 4.78 is 17.0. The van der Waals surface area contributed by atoms with Crippen molar-refractivity contribution in [3.63, 3.8) is 0 Å². The molecule has 0 heterocycles. The van der Waals surface area contributed by atoms with Crippen molar-refractivity contribution >= 4 is 12.0 Å². The van der Waals surface area contributed by atoms with E-state index in [-0.39, 0.29) is 0 Å². The largest absolute Gasteiger partial charge is 0.545 e. The normalized spacial score (nSPS) is 10.6. The fourth-order valence-electron chi connectivity index (χ4n) is 1.08. The van der Waals surface area contributed by atoms with Crippen molar-refractivity contribution < 1.29 is 19.0 Å². The molecule has 1 aromatic rings. The fraction of sp³-hybridized carbons (Fsp3) is 0.250. The van der Waals surface area contributed by atoms with Gasteiger partial charge in [0, 0.05) is 6.42 Å². The summed E-state index contributed by atoms with van der Waals surface area (Å²) in [7, 11) is 0. The lowest BCUT2D eigenvalue weighted by Crippen LogP contribution is -2.18. The Balaban J connectivity index is 2.51. The second kappa shape index (κ2) is 6.61. The Morgan fingerprint density at radius 1 is 1.38 bits per heavy atom. The molecule has 0 aromatic heterocycles. The van der Waals surface area contributed by atoms with Crippen molar-refractivity contribution in [2.45, 2.75) is 6.42 Å². The van der Waals surface area contributed by atoms with E-state index < -0.39 is 12.6 Å². The van der Waals surface area contributed by atoms with Gasteiger partial charge in [0.2, 0.25) is 0 Å². The standard InChI is InChI=1S/C12H13FO3/c13-8-1-9-16-11-5-2-10(3-6-11)4-7-12(14)15/h2-7H,1,8-9H2,(H,14,15)/p-1/b7-4+. The first-order chi connectivity index (χ1) is 7.72. The van der Waals surface area contributed by atoms with Crippen LogP contribution in [0.15, 0.2) is 30.3 Å². The summed E-state index contributed by atoms with van der Waals surface area (Å²) in [6, 6.07) is 6.83. The number of benzene rings is 1. The van der Waals surface area contributed by atoms with Crippen LogP contribution >= 0.6 is 0 Å². The smallest absolute Gasteiger partial charge is 0.119 e. The molecule has 0 bridgehead atoms. The van der Waals surface area contributed by atoms with E-state index in [0.29, 0.717) is 18.8 Å². The molecule has 1 aromatic carbocycles. The van der Waals surface area contributed by atoms with Crippen LogP contribution in [0.3, 0.4) is 0 Å². The molecule has 0 aliphatic carbocycles. The second-order valence-corrected chi connectivity index (χ2v) is 3.11. The highest BCUT2D eigenvalue weighted by Crippen LogP contribution is 2.13. The summed E-state index contributed by atoms with van der Waals surface area (Å²) in [6.45, 7) is -0.0584.